The van der Waals surface area contributed by atoms with Crippen LogP contribution in [0.1, 0.15) is 18.1 Å². The third kappa shape index (κ3) is 7.31. The molecule has 0 fully saturated rings. The molecule has 0 radical (unpaired) electrons. The van der Waals surface area contributed by atoms with E-state index in [9.17, 15) is 24.3 Å². The molecule has 1 heterocycles. The summed E-state index contributed by atoms with van der Waals surface area (Å²) >= 11 is 0. The third-order valence-corrected chi connectivity index (χ3v) is 6.01. The van der Waals surface area contributed by atoms with Crippen LogP contribution in [0, 0.1) is 0 Å². The molecule has 0 aliphatic rings. The summed E-state index contributed by atoms with van der Waals surface area (Å²) in [5.74, 6) is -3.44. The van der Waals surface area contributed by atoms with Crippen LogP contribution < -0.4 is 21.7 Å². The van der Waals surface area contributed by atoms with Crippen LogP contribution in [0.3, 0.4) is 0 Å². The number of carbonyl (C=O) groups excluding carboxylic acids is 3. The van der Waals surface area contributed by atoms with Gasteiger partial charge in [0, 0.05) is 23.5 Å². The number of nitrogens with two attached hydrogens (primary N) is 1. The number of nitrogens with one attached hydrogen (secondary N) is 4. The molecule has 12 heteroatoms. The molecule has 0 aliphatic heterocycles. The van der Waals surface area contributed by atoms with Gasteiger partial charge in [-0.2, -0.15) is 0 Å². The largest absolute Gasteiger partial charge is 0.508 e. The molecule has 1 aromatic heterocycles. The van der Waals surface area contributed by atoms with Gasteiger partial charge in [-0.15, -0.1) is 0 Å². The van der Waals surface area contributed by atoms with E-state index in [1.807, 2.05) is 24.3 Å². The van der Waals surface area contributed by atoms with Crippen LogP contribution in [0.2, 0.25) is 0 Å². The van der Waals surface area contributed by atoms with Crippen molar-refractivity contribution in [3.8, 4) is 5.75 Å². The van der Waals surface area contributed by atoms with E-state index in [4.69, 9.17) is 15.9 Å². The molecule has 4 unspecified atom stereocenters. The van der Waals surface area contributed by atoms with Crippen molar-refractivity contribution >= 4 is 34.6 Å². The number of aliphatic hydroxyl groups is 1. The monoisotopic (exact) mass is 525 g/mol. The summed E-state index contributed by atoms with van der Waals surface area (Å²) in [6.07, 6.45) is 1.96. The van der Waals surface area contributed by atoms with Gasteiger partial charge in [0.25, 0.3) is 0 Å². The molecule has 0 saturated carbocycles. The van der Waals surface area contributed by atoms with E-state index in [0.29, 0.717) is 5.56 Å². The molecule has 3 amide bonds. The number of aromatic hydroxyl groups is 1. The zero-order chi connectivity index (χ0) is 27.8. The van der Waals surface area contributed by atoms with Crippen molar-refractivity contribution in [3.63, 3.8) is 0 Å². The first-order valence-corrected chi connectivity index (χ1v) is 11.9. The number of H-pyrrole nitrogens is 1. The quantitative estimate of drug-likeness (QED) is 0.155. The standard InChI is InChI=1S/C26H31N5O7/c1-14(23(34)31-22(13-32)26(37)38)29-25(36)21(11-16-12-28-20-5-3-2-4-18(16)20)30-24(35)19(27)10-15-6-8-17(33)9-7-15/h2-9,12,14,19,21-22,28,32-33H,10-11,13,27H2,1H3,(H,29,36)(H,30,35)(H,31,34)(H,37,38). The Hall–Kier alpha value is -4.42. The molecule has 0 aliphatic carbocycles. The van der Waals surface area contributed by atoms with Gasteiger partial charge in [-0.25, -0.2) is 4.79 Å². The number of carbonyl (C=O) groups is 4. The highest BCUT2D eigenvalue weighted by molar-refractivity contribution is 5.94. The predicted octanol–water partition coefficient (Wildman–Crippen LogP) is -0.463. The molecule has 2 aromatic carbocycles. The fourth-order valence-electron chi connectivity index (χ4n) is 3.85. The Morgan fingerprint density at radius 1 is 0.895 bits per heavy atom. The van der Waals surface area contributed by atoms with E-state index in [2.05, 4.69) is 20.9 Å². The number of aromatic nitrogens is 1. The maximum Gasteiger partial charge on any atom is 0.328 e. The van der Waals surface area contributed by atoms with Crippen LogP contribution in [-0.2, 0) is 32.0 Å². The van der Waals surface area contributed by atoms with Crippen molar-refractivity contribution in [2.75, 3.05) is 6.61 Å². The molecule has 12 nitrogen and oxygen atoms in total. The lowest BCUT2D eigenvalue weighted by Gasteiger charge is -2.23. The van der Waals surface area contributed by atoms with Crippen LogP contribution in [0.5, 0.6) is 5.75 Å². The number of aliphatic hydroxyl groups excluding tert-OH is 1. The van der Waals surface area contributed by atoms with Gasteiger partial charge < -0.3 is 42.0 Å². The number of fused-ring (bicyclic) bond motifs is 1. The molecule has 0 saturated heterocycles. The first-order chi connectivity index (χ1) is 18.1. The second kappa shape index (κ2) is 12.7. The molecule has 38 heavy (non-hydrogen) atoms. The maximum atomic E-state index is 13.2. The number of hydrogen-bond donors (Lipinski definition) is 8. The summed E-state index contributed by atoms with van der Waals surface area (Å²) in [6, 6.07) is 8.85. The molecule has 0 bridgehead atoms. The van der Waals surface area contributed by atoms with Gasteiger partial charge in [-0.05, 0) is 42.7 Å². The highest BCUT2D eigenvalue weighted by atomic mass is 16.4. The summed E-state index contributed by atoms with van der Waals surface area (Å²) in [7, 11) is 0. The van der Waals surface area contributed by atoms with Crippen LogP contribution in [-0.4, -0.2) is 74.8 Å². The minimum Gasteiger partial charge on any atom is -0.508 e. The van der Waals surface area contributed by atoms with Gasteiger partial charge in [0.05, 0.1) is 12.6 Å². The maximum absolute atomic E-state index is 13.2. The SMILES string of the molecule is CC(NC(=O)C(Cc1c[nH]c2ccccc12)NC(=O)C(N)Cc1ccc(O)cc1)C(=O)NC(CO)C(=O)O. The average Bonchev–Trinajstić information content (AvgIpc) is 3.30. The molecular formula is C26H31N5O7. The summed E-state index contributed by atoms with van der Waals surface area (Å²) in [5.41, 5.74) is 8.39. The van der Waals surface area contributed by atoms with E-state index >= 15 is 0 Å². The van der Waals surface area contributed by atoms with Gasteiger partial charge >= 0.3 is 5.97 Å². The number of phenols is 1. The van der Waals surface area contributed by atoms with Crippen molar-refractivity contribution in [3.05, 3.63) is 65.9 Å². The highest BCUT2D eigenvalue weighted by Crippen LogP contribution is 2.19. The number of aromatic amines is 1. The summed E-state index contributed by atoms with van der Waals surface area (Å²) < 4.78 is 0. The van der Waals surface area contributed by atoms with E-state index in [1.54, 1.807) is 18.3 Å². The van der Waals surface area contributed by atoms with Crippen molar-refractivity contribution < 1.29 is 34.5 Å². The lowest BCUT2D eigenvalue weighted by molar-refractivity contribution is -0.143. The Kier molecular flexibility index (Phi) is 9.41. The van der Waals surface area contributed by atoms with Crippen LogP contribution in [0.15, 0.2) is 54.7 Å². The number of amides is 3. The Labute approximate surface area is 218 Å². The number of hydrogen-bond acceptors (Lipinski definition) is 7. The lowest BCUT2D eigenvalue weighted by Crippen LogP contribution is -2.57. The Morgan fingerprint density at radius 3 is 2.21 bits per heavy atom. The van der Waals surface area contributed by atoms with Gasteiger partial charge in [-0.3, -0.25) is 14.4 Å². The van der Waals surface area contributed by atoms with Crippen LogP contribution >= 0.6 is 0 Å². The van der Waals surface area contributed by atoms with Crippen molar-refractivity contribution in [1.82, 2.24) is 20.9 Å². The normalized spacial score (nSPS) is 14.2. The van der Waals surface area contributed by atoms with Crippen molar-refractivity contribution in [2.24, 2.45) is 5.73 Å². The third-order valence-electron chi connectivity index (χ3n) is 6.01. The number of carboxylic acid groups (broad SMARTS) is 1. The molecular weight excluding hydrogens is 494 g/mol. The Morgan fingerprint density at radius 2 is 1.55 bits per heavy atom. The number of rotatable bonds is 12. The first-order valence-electron chi connectivity index (χ1n) is 11.9. The fraction of sp³-hybridized carbons (Fsp3) is 0.308. The van der Waals surface area contributed by atoms with E-state index in [1.165, 1.54) is 19.1 Å². The smallest absolute Gasteiger partial charge is 0.328 e. The minimum atomic E-state index is -1.53. The van der Waals surface area contributed by atoms with Gasteiger partial charge in [0.15, 0.2) is 0 Å². The number of benzene rings is 2. The number of carboxylic acids is 1. The average molecular weight is 526 g/mol. The molecule has 3 aromatic rings. The topological polar surface area (TPSA) is 207 Å². The second-order valence-corrected chi connectivity index (χ2v) is 8.91. The highest BCUT2D eigenvalue weighted by Gasteiger charge is 2.29. The Bertz CT molecular complexity index is 1290. The van der Waals surface area contributed by atoms with E-state index < -0.39 is 54.5 Å². The molecule has 4 atom stereocenters. The van der Waals surface area contributed by atoms with Gasteiger partial charge in [0.1, 0.15) is 23.9 Å². The molecule has 0 spiro atoms. The minimum absolute atomic E-state index is 0.0778. The molecule has 9 N–H and O–H groups in total. The van der Waals surface area contributed by atoms with E-state index in [0.717, 1.165) is 16.5 Å². The summed E-state index contributed by atoms with van der Waals surface area (Å²) in [5, 5.41) is 35.8. The van der Waals surface area contributed by atoms with Gasteiger partial charge in [-0.1, -0.05) is 30.3 Å². The van der Waals surface area contributed by atoms with Crippen molar-refractivity contribution in [1.29, 1.82) is 0 Å². The van der Waals surface area contributed by atoms with E-state index in [-0.39, 0.29) is 18.6 Å². The lowest BCUT2D eigenvalue weighted by atomic mass is 10.0. The molecule has 3 rings (SSSR count). The number of phenolic OH excluding ortho intramolecular Hbond substituents is 1. The zero-order valence-electron chi connectivity index (χ0n) is 20.7. The number of aliphatic carboxylic acids is 1. The van der Waals surface area contributed by atoms with Crippen LogP contribution in [0.25, 0.3) is 10.9 Å². The predicted molar refractivity (Wildman–Crippen MR) is 138 cm³/mol. The summed E-state index contributed by atoms with van der Waals surface area (Å²) in [4.78, 5) is 52.8. The second-order valence-electron chi connectivity index (χ2n) is 8.91. The Balaban J connectivity index is 1.75. The van der Waals surface area contributed by atoms with Gasteiger partial charge in [0.2, 0.25) is 17.7 Å². The number of para-hydroxylation sites is 1. The van der Waals surface area contributed by atoms with Crippen LogP contribution in [0.4, 0.5) is 0 Å². The first kappa shape index (κ1) is 28.2. The zero-order valence-corrected chi connectivity index (χ0v) is 20.7. The molecule has 202 valence electrons. The fourth-order valence-corrected chi connectivity index (χ4v) is 3.85. The summed E-state index contributed by atoms with van der Waals surface area (Å²) in [6.45, 7) is 0.532. The van der Waals surface area contributed by atoms with Crippen molar-refractivity contribution in [2.45, 2.75) is 43.9 Å².